The Labute approximate surface area is 225 Å². The number of halogens is 1. The number of amides is 2. The van der Waals surface area contributed by atoms with Crippen LogP contribution in [0.25, 0.3) is 0 Å². The van der Waals surface area contributed by atoms with Gasteiger partial charge in [-0.25, -0.2) is 4.39 Å². The highest BCUT2D eigenvalue weighted by Crippen LogP contribution is 2.33. The molecule has 2 aromatic carbocycles. The average Bonchev–Trinajstić information content (AvgIpc) is 3.75. The zero-order valence-corrected chi connectivity index (χ0v) is 22.7. The van der Waals surface area contributed by atoms with Crippen LogP contribution in [0.5, 0.6) is 5.75 Å². The van der Waals surface area contributed by atoms with Crippen LogP contribution in [0.2, 0.25) is 0 Å². The second kappa shape index (κ2) is 13.2. The van der Waals surface area contributed by atoms with E-state index in [9.17, 15) is 14.0 Å². The summed E-state index contributed by atoms with van der Waals surface area (Å²) in [6.07, 6.45) is 3.97. The molecule has 1 aliphatic heterocycles. The third kappa shape index (κ3) is 7.77. The molecule has 0 saturated heterocycles. The van der Waals surface area contributed by atoms with E-state index in [0.717, 1.165) is 42.6 Å². The van der Waals surface area contributed by atoms with E-state index in [1.807, 2.05) is 39.1 Å². The molecule has 3 N–H and O–H groups in total. The Morgan fingerprint density at radius 1 is 1.00 bits per heavy atom. The van der Waals surface area contributed by atoms with E-state index in [0.29, 0.717) is 32.0 Å². The number of carbonyl (C=O) groups is 2. The smallest absolute Gasteiger partial charge is 0.240 e. The van der Waals surface area contributed by atoms with Gasteiger partial charge in [-0.1, -0.05) is 30.3 Å². The molecule has 2 aromatic rings. The second-order valence-corrected chi connectivity index (χ2v) is 10.7. The van der Waals surface area contributed by atoms with Crippen molar-refractivity contribution >= 4 is 11.8 Å². The van der Waals surface area contributed by atoms with E-state index in [1.165, 1.54) is 12.1 Å². The van der Waals surface area contributed by atoms with Gasteiger partial charge in [0, 0.05) is 32.7 Å². The Hall–Kier alpha value is -2.97. The molecule has 0 spiro atoms. The standard InChI is InChI=1S/C30H41FN4O3/c1-20-18-33-26(17-22-10-14-25(31)15-11-22)29(36)32-16-6-8-23-7-4-5-9-27(23)38-21(2)19-34-28(24-12-13-24)30(37)35(20)3/h4-5,7,9-11,14-15,20-21,24,26,28,33-34H,6,8,12-13,16-19H2,1-3H3,(H,32,36)/t20-,21?,26-,28+/m1/s1. The van der Waals surface area contributed by atoms with Gasteiger partial charge in [-0.15, -0.1) is 0 Å². The van der Waals surface area contributed by atoms with Crippen LogP contribution in [0.1, 0.15) is 44.2 Å². The zero-order valence-electron chi connectivity index (χ0n) is 22.7. The number of aryl methyl sites for hydroxylation is 1. The monoisotopic (exact) mass is 524 g/mol. The highest BCUT2D eigenvalue weighted by Gasteiger charge is 2.38. The number of likely N-dealkylation sites (N-methyl/N-ethyl adjacent to an activating group) is 1. The highest BCUT2D eigenvalue weighted by atomic mass is 19.1. The van der Waals surface area contributed by atoms with Crippen molar-refractivity contribution in [3.63, 3.8) is 0 Å². The van der Waals surface area contributed by atoms with Crippen molar-refractivity contribution < 1.29 is 18.7 Å². The van der Waals surface area contributed by atoms with Gasteiger partial charge in [0.2, 0.25) is 11.8 Å². The number of rotatable bonds is 3. The SMILES string of the molecule is CC1CN[C@@H](C2CC2)C(=O)N(C)[C@H](C)CN[C@H](Cc2ccc(F)cc2)C(=O)NCCCc2ccccc2O1. The minimum Gasteiger partial charge on any atom is -0.489 e. The quantitative estimate of drug-likeness (QED) is 0.575. The molecule has 1 saturated carbocycles. The number of nitrogens with zero attached hydrogens (tertiary/aromatic N) is 1. The summed E-state index contributed by atoms with van der Waals surface area (Å²) in [6, 6.07) is 13.4. The molecule has 1 heterocycles. The van der Waals surface area contributed by atoms with Crippen molar-refractivity contribution in [3.8, 4) is 5.75 Å². The van der Waals surface area contributed by atoms with Crippen LogP contribution < -0.4 is 20.7 Å². The summed E-state index contributed by atoms with van der Waals surface area (Å²) in [5, 5.41) is 9.93. The molecule has 2 aliphatic rings. The lowest BCUT2D eigenvalue weighted by molar-refractivity contribution is -0.134. The molecular formula is C30H41FN4O3. The van der Waals surface area contributed by atoms with Crippen molar-refractivity contribution in [3.05, 3.63) is 65.5 Å². The Bertz CT molecular complexity index is 1080. The Morgan fingerprint density at radius 3 is 2.47 bits per heavy atom. The van der Waals surface area contributed by atoms with Gasteiger partial charge in [0.05, 0.1) is 12.1 Å². The molecule has 1 unspecified atom stereocenters. The third-order valence-electron chi connectivity index (χ3n) is 7.55. The Kier molecular flexibility index (Phi) is 9.74. The number of benzene rings is 2. The maximum absolute atomic E-state index is 13.5. The lowest BCUT2D eigenvalue weighted by atomic mass is 10.0. The van der Waals surface area contributed by atoms with E-state index in [2.05, 4.69) is 22.0 Å². The van der Waals surface area contributed by atoms with Gasteiger partial charge < -0.3 is 25.6 Å². The van der Waals surface area contributed by atoms with E-state index >= 15 is 0 Å². The molecule has 7 nitrogen and oxygen atoms in total. The number of hydrogen-bond acceptors (Lipinski definition) is 5. The zero-order chi connectivity index (χ0) is 27.1. The molecule has 8 heteroatoms. The number of fused-ring (bicyclic) bond motifs is 1. The maximum Gasteiger partial charge on any atom is 0.240 e. The lowest BCUT2D eigenvalue weighted by Crippen LogP contribution is -2.54. The van der Waals surface area contributed by atoms with Crippen molar-refractivity contribution in [2.24, 2.45) is 5.92 Å². The molecular weight excluding hydrogens is 483 g/mol. The molecule has 1 aliphatic carbocycles. The first kappa shape index (κ1) is 28.0. The van der Waals surface area contributed by atoms with Crippen LogP contribution >= 0.6 is 0 Å². The van der Waals surface area contributed by atoms with Gasteiger partial charge in [0.15, 0.2) is 0 Å². The summed E-state index contributed by atoms with van der Waals surface area (Å²) in [7, 11) is 1.83. The Balaban J connectivity index is 1.52. The molecule has 0 radical (unpaired) electrons. The normalized spacial score (nSPS) is 26.5. The first-order valence-corrected chi connectivity index (χ1v) is 13.8. The van der Waals surface area contributed by atoms with Crippen molar-refractivity contribution in [2.45, 2.75) is 70.2 Å². The van der Waals surface area contributed by atoms with Crippen LogP contribution in [0.15, 0.2) is 48.5 Å². The molecule has 1 fully saturated rings. The molecule has 38 heavy (non-hydrogen) atoms. The van der Waals surface area contributed by atoms with Gasteiger partial charge >= 0.3 is 0 Å². The largest absolute Gasteiger partial charge is 0.489 e. The van der Waals surface area contributed by atoms with Crippen molar-refractivity contribution in [2.75, 3.05) is 26.7 Å². The summed E-state index contributed by atoms with van der Waals surface area (Å²) in [6.45, 7) is 5.59. The fourth-order valence-corrected chi connectivity index (χ4v) is 4.88. The predicted octanol–water partition coefficient (Wildman–Crippen LogP) is 3.07. The van der Waals surface area contributed by atoms with Gasteiger partial charge in [-0.3, -0.25) is 9.59 Å². The van der Waals surface area contributed by atoms with Crippen LogP contribution in [0.3, 0.4) is 0 Å². The fourth-order valence-electron chi connectivity index (χ4n) is 4.88. The Morgan fingerprint density at radius 2 is 1.74 bits per heavy atom. The number of ether oxygens (including phenoxy) is 1. The van der Waals surface area contributed by atoms with Crippen LogP contribution in [-0.2, 0) is 22.4 Å². The lowest BCUT2D eigenvalue weighted by Gasteiger charge is -2.31. The fraction of sp³-hybridized carbons (Fsp3) is 0.533. The van der Waals surface area contributed by atoms with Crippen molar-refractivity contribution in [1.82, 2.24) is 20.9 Å². The molecule has 206 valence electrons. The molecule has 2 amide bonds. The number of nitrogens with one attached hydrogen (secondary N) is 3. The van der Waals surface area contributed by atoms with Gasteiger partial charge in [0.25, 0.3) is 0 Å². The van der Waals surface area contributed by atoms with Crippen LogP contribution in [0, 0.1) is 11.7 Å². The van der Waals surface area contributed by atoms with Crippen molar-refractivity contribution in [1.29, 1.82) is 0 Å². The van der Waals surface area contributed by atoms with Crippen LogP contribution in [-0.4, -0.2) is 67.6 Å². The van der Waals surface area contributed by atoms with E-state index < -0.39 is 6.04 Å². The van der Waals surface area contributed by atoms with Gasteiger partial charge in [0.1, 0.15) is 17.7 Å². The average molecular weight is 525 g/mol. The molecule has 0 aromatic heterocycles. The van der Waals surface area contributed by atoms with E-state index in [-0.39, 0.29) is 35.8 Å². The predicted molar refractivity (Wildman–Crippen MR) is 147 cm³/mol. The van der Waals surface area contributed by atoms with Gasteiger partial charge in [-0.05, 0) is 81.2 Å². The minimum absolute atomic E-state index is 0.0649. The molecule has 4 atom stereocenters. The summed E-state index contributed by atoms with van der Waals surface area (Å²) in [5.41, 5.74) is 1.97. The number of carbonyl (C=O) groups excluding carboxylic acids is 2. The number of para-hydroxylation sites is 1. The molecule has 0 bridgehead atoms. The number of hydrogen-bond donors (Lipinski definition) is 3. The summed E-state index contributed by atoms with van der Waals surface area (Å²) in [5.74, 6) is 0.835. The molecule has 4 rings (SSSR count). The maximum atomic E-state index is 13.5. The highest BCUT2D eigenvalue weighted by molar-refractivity contribution is 5.83. The minimum atomic E-state index is -0.501. The first-order chi connectivity index (χ1) is 18.3. The van der Waals surface area contributed by atoms with E-state index in [4.69, 9.17) is 4.74 Å². The summed E-state index contributed by atoms with van der Waals surface area (Å²) in [4.78, 5) is 28.5. The topological polar surface area (TPSA) is 82.7 Å². The summed E-state index contributed by atoms with van der Waals surface area (Å²) >= 11 is 0. The third-order valence-corrected chi connectivity index (χ3v) is 7.55. The van der Waals surface area contributed by atoms with E-state index in [1.54, 1.807) is 17.0 Å². The first-order valence-electron chi connectivity index (χ1n) is 13.8. The van der Waals surface area contributed by atoms with Gasteiger partial charge in [-0.2, -0.15) is 0 Å². The van der Waals surface area contributed by atoms with Crippen LogP contribution in [0.4, 0.5) is 4.39 Å². The summed E-state index contributed by atoms with van der Waals surface area (Å²) < 4.78 is 19.7. The second-order valence-electron chi connectivity index (χ2n) is 10.7.